The van der Waals surface area contributed by atoms with Crippen LogP contribution in [0.5, 0.6) is 5.75 Å². The Bertz CT molecular complexity index is 1840. The van der Waals surface area contributed by atoms with E-state index in [1.54, 1.807) is 55.5 Å². The highest BCUT2D eigenvalue weighted by atomic mass is 35.5. The Kier molecular flexibility index (Phi) is 9.74. The molecule has 12 heteroatoms. The molecule has 1 aromatic heterocycles. The summed E-state index contributed by atoms with van der Waals surface area (Å²) >= 11 is 12.6. The first-order chi connectivity index (χ1) is 23.1. The summed E-state index contributed by atoms with van der Waals surface area (Å²) in [7, 11) is 0. The Morgan fingerprint density at radius 1 is 1.08 bits per heavy atom. The molecule has 2 aliphatic rings. The van der Waals surface area contributed by atoms with Crippen molar-refractivity contribution in [3.63, 3.8) is 0 Å². The van der Waals surface area contributed by atoms with E-state index in [0.29, 0.717) is 29.0 Å². The summed E-state index contributed by atoms with van der Waals surface area (Å²) in [4.78, 5) is 33.1. The third-order valence-electron chi connectivity index (χ3n) is 9.13. The number of nitrogens with one attached hydrogen (secondary N) is 1. The molecule has 0 unspecified atom stereocenters. The molecular weight excluding hydrogens is 658 g/mol. The van der Waals surface area contributed by atoms with Gasteiger partial charge in [0.1, 0.15) is 28.1 Å². The van der Waals surface area contributed by atoms with Crippen molar-refractivity contribution in [1.29, 1.82) is 0 Å². The topological polar surface area (TPSA) is 127 Å². The highest BCUT2D eigenvalue weighted by Crippen LogP contribution is 2.58. The molecule has 1 amide bonds. The molecule has 0 saturated carbocycles. The molecule has 9 nitrogen and oxygen atoms in total. The maximum Gasteiger partial charge on any atom is 0.338 e. The van der Waals surface area contributed by atoms with Crippen molar-refractivity contribution in [2.75, 3.05) is 18.5 Å². The van der Waals surface area contributed by atoms with Gasteiger partial charge in [-0.05, 0) is 79.4 Å². The van der Waals surface area contributed by atoms with Gasteiger partial charge >= 0.3 is 5.97 Å². The third kappa shape index (κ3) is 5.92. The monoisotopic (exact) mass is 692 g/mol. The molecule has 6 rings (SSSR count). The predicted molar refractivity (Wildman–Crippen MR) is 181 cm³/mol. The fourth-order valence-corrected chi connectivity index (χ4v) is 7.47. The molecule has 4 aromatic rings. The van der Waals surface area contributed by atoms with Crippen LogP contribution in [-0.2, 0) is 21.6 Å². The Morgan fingerprint density at radius 3 is 2.56 bits per heavy atom. The predicted octanol–water partition coefficient (Wildman–Crippen LogP) is 6.37. The number of pyridine rings is 1. The number of aliphatic hydroxyl groups is 1. The number of amides is 1. The average molecular weight is 694 g/mol. The number of aliphatic hydroxyl groups excluding tert-OH is 1. The number of hydrogen-bond acceptors (Lipinski definition) is 8. The molecule has 3 heterocycles. The van der Waals surface area contributed by atoms with E-state index in [0.717, 1.165) is 5.56 Å². The van der Waals surface area contributed by atoms with Gasteiger partial charge < -0.3 is 25.6 Å². The van der Waals surface area contributed by atoms with E-state index in [4.69, 9.17) is 38.4 Å². The lowest BCUT2D eigenvalue weighted by atomic mass is 9.74. The van der Waals surface area contributed by atoms with E-state index in [2.05, 4.69) is 10.3 Å². The molecule has 0 radical (unpaired) electrons. The van der Waals surface area contributed by atoms with Crippen LogP contribution in [0, 0.1) is 5.82 Å². The van der Waals surface area contributed by atoms with Crippen LogP contribution in [0.25, 0.3) is 0 Å². The van der Waals surface area contributed by atoms with Crippen LogP contribution in [-0.4, -0.2) is 52.2 Å². The van der Waals surface area contributed by atoms with Gasteiger partial charge in [0.15, 0.2) is 0 Å². The maximum atomic E-state index is 16.1. The van der Waals surface area contributed by atoms with Gasteiger partial charge in [0.25, 0.3) is 5.91 Å². The number of rotatable bonds is 10. The van der Waals surface area contributed by atoms with Crippen molar-refractivity contribution < 1.29 is 28.6 Å². The summed E-state index contributed by atoms with van der Waals surface area (Å²) in [6, 6.07) is 20.3. The lowest BCUT2D eigenvalue weighted by Gasteiger charge is -2.40. The Balaban J connectivity index is 1.51. The number of nitrogens with two attached hydrogens (primary N) is 1. The Hall–Kier alpha value is -4.06. The molecule has 0 aliphatic carbocycles. The average Bonchev–Trinajstić information content (AvgIpc) is 3.48. The number of likely N-dealkylation sites (tertiary alicyclic amines) is 1. The molecule has 1 saturated heterocycles. The van der Waals surface area contributed by atoms with Crippen molar-refractivity contribution in [2.45, 2.75) is 56.5 Å². The van der Waals surface area contributed by atoms with Gasteiger partial charge in [-0.25, -0.2) is 14.2 Å². The van der Waals surface area contributed by atoms with Crippen molar-refractivity contribution in [3.8, 4) is 5.75 Å². The summed E-state index contributed by atoms with van der Waals surface area (Å²) in [6.07, 6.45) is -1.00. The van der Waals surface area contributed by atoms with E-state index in [-0.39, 0.29) is 41.1 Å². The van der Waals surface area contributed by atoms with Gasteiger partial charge in [0, 0.05) is 30.1 Å². The number of aromatic nitrogens is 1. The van der Waals surface area contributed by atoms with E-state index in [1.165, 1.54) is 6.07 Å². The summed E-state index contributed by atoms with van der Waals surface area (Å²) in [5.74, 6) is -1.67. The molecule has 0 bridgehead atoms. The number of ether oxygens (including phenoxy) is 2. The first kappa shape index (κ1) is 33.8. The second-order valence-electron chi connectivity index (χ2n) is 11.8. The van der Waals surface area contributed by atoms with E-state index in [1.807, 2.05) is 36.1 Å². The molecular formula is C36H35Cl2FN4O5. The van der Waals surface area contributed by atoms with Gasteiger partial charge in [-0.1, -0.05) is 59.6 Å². The number of anilines is 1. The van der Waals surface area contributed by atoms with Gasteiger partial charge in [-0.3, -0.25) is 9.69 Å². The standard InChI is InChI=1S/C36H35Cl2FN4O5/c1-3-47-23-8-5-7-20(17-23)19-43-27(18-28(44)21-11-13-22(14-12-21)34(45)48-4-2)32(40)30(24-9-6-10-26(37)31(24)39)36(43)25-15-16-29(38)41-33(25)42-35(36)46/h5-17,27-28,30,32,44H,3-4,18-19,40H2,1-2H3,(H,41,42,46)/t27-,28-,30-,32+,36+/m0/s1. The molecule has 4 N–H and O–H groups in total. The molecule has 5 atom stereocenters. The fourth-order valence-electron chi connectivity index (χ4n) is 7.14. The SMILES string of the molecule is CCOC(=O)c1ccc([C@@H](O)C[C@H]2[C@@H](N)[C@H](c3cccc(Cl)c3F)[C@]3(C(=O)Nc4nc(Cl)ccc43)N2Cc2cccc(OCC)c2)cc1. The van der Waals surface area contributed by atoms with Crippen molar-refractivity contribution in [1.82, 2.24) is 9.88 Å². The van der Waals surface area contributed by atoms with Gasteiger partial charge in [-0.15, -0.1) is 0 Å². The molecule has 250 valence electrons. The molecule has 3 aromatic carbocycles. The zero-order valence-electron chi connectivity index (χ0n) is 26.3. The van der Waals surface area contributed by atoms with Crippen LogP contribution in [0.2, 0.25) is 10.2 Å². The number of nitrogens with zero attached hydrogens (tertiary/aromatic N) is 2. The minimum Gasteiger partial charge on any atom is -0.494 e. The van der Waals surface area contributed by atoms with Gasteiger partial charge in [-0.2, -0.15) is 0 Å². The number of esters is 1. The zero-order chi connectivity index (χ0) is 34.2. The molecule has 2 aliphatic heterocycles. The van der Waals surface area contributed by atoms with Crippen LogP contribution >= 0.6 is 23.2 Å². The van der Waals surface area contributed by atoms with Crippen molar-refractivity contribution in [2.24, 2.45) is 5.73 Å². The normalized spacial score (nSPS) is 22.4. The van der Waals surface area contributed by atoms with E-state index >= 15 is 4.39 Å². The Labute approximate surface area is 287 Å². The largest absolute Gasteiger partial charge is 0.494 e. The number of hydrogen-bond donors (Lipinski definition) is 3. The zero-order valence-corrected chi connectivity index (χ0v) is 27.8. The van der Waals surface area contributed by atoms with Crippen LogP contribution < -0.4 is 15.8 Å². The molecule has 1 spiro atoms. The second kappa shape index (κ2) is 13.8. The Morgan fingerprint density at radius 2 is 1.83 bits per heavy atom. The highest BCUT2D eigenvalue weighted by molar-refractivity contribution is 6.31. The molecule has 48 heavy (non-hydrogen) atoms. The second-order valence-corrected chi connectivity index (χ2v) is 12.6. The number of halogens is 3. The van der Waals surface area contributed by atoms with E-state index in [9.17, 15) is 14.7 Å². The molecule has 1 fully saturated rings. The van der Waals surface area contributed by atoms with Crippen LogP contribution in [0.1, 0.15) is 64.9 Å². The summed E-state index contributed by atoms with van der Waals surface area (Å²) in [6.45, 7) is 4.50. The summed E-state index contributed by atoms with van der Waals surface area (Å²) < 4.78 is 26.9. The third-order valence-corrected chi connectivity index (χ3v) is 9.64. The van der Waals surface area contributed by atoms with Crippen LogP contribution in [0.4, 0.5) is 10.2 Å². The number of carbonyl (C=O) groups excluding carboxylic acids is 2. The minimum absolute atomic E-state index is 0.0646. The summed E-state index contributed by atoms with van der Waals surface area (Å²) in [5, 5.41) is 14.6. The quantitative estimate of drug-likeness (QED) is 0.129. The van der Waals surface area contributed by atoms with Crippen molar-refractivity contribution in [3.05, 3.63) is 123 Å². The highest BCUT2D eigenvalue weighted by Gasteiger charge is 2.67. The smallest absolute Gasteiger partial charge is 0.338 e. The van der Waals surface area contributed by atoms with Crippen LogP contribution in [0.15, 0.2) is 78.9 Å². The van der Waals surface area contributed by atoms with E-state index < -0.39 is 47.3 Å². The first-order valence-electron chi connectivity index (χ1n) is 15.7. The fraction of sp³-hybridized carbons (Fsp3) is 0.306. The van der Waals surface area contributed by atoms with Gasteiger partial charge in [0.2, 0.25) is 0 Å². The number of fused-ring (bicyclic) bond motifs is 2. The van der Waals surface area contributed by atoms with Crippen molar-refractivity contribution >= 4 is 40.9 Å². The van der Waals surface area contributed by atoms with Crippen LogP contribution in [0.3, 0.4) is 0 Å². The van der Waals surface area contributed by atoms with Gasteiger partial charge in [0.05, 0.1) is 29.9 Å². The maximum absolute atomic E-state index is 16.1. The lowest BCUT2D eigenvalue weighted by Crippen LogP contribution is -2.51. The first-order valence-corrected chi connectivity index (χ1v) is 16.5. The number of benzene rings is 3. The lowest BCUT2D eigenvalue weighted by molar-refractivity contribution is -0.128. The summed E-state index contributed by atoms with van der Waals surface area (Å²) in [5.41, 5.74) is 7.91. The number of carbonyl (C=O) groups is 2. The minimum atomic E-state index is -1.57.